The van der Waals surface area contributed by atoms with E-state index in [1.165, 1.54) is 0 Å². The van der Waals surface area contributed by atoms with Crippen LogP contribution < -0.4 is 0 Å². The first-order valence-electron chi connectivity index (χ1n) is 4.91. The average molecular weight is 195 g/mol. The molecule has 0 heterocycles. The van der Waals surface area contributed by atoms with Gasteiger partial charge >= 0.3 is 0 Å². The van der Waals surface area contributed by atoms with Gasteiger partial charge in [0, 0.05) is 0 Å². The minimum absolute atomic E-state index is 1.08. The topological polar surface area (TPSA) is 3.01 Å². The zero-order valence-corrected chi connectivity index (χ0v) is 8.51. The molecule has 0 radical (unpaired) electrons. The molecule has 0 amide bonds. The summed E-state index contributed by atoms with van der Waals surface area (Å²) in [6.07, 6.45) is 0. The van der Waals surface area contributed by atoms with Gasteiger partial charge in [0.05, 0.1) is 6.72 Å². The zero-order chi connectivity index (χ0) is 10.5. The van der Waals surface area contributed by atoms with Crippen molar-refractivity contribution in [2.45, 2.75) is 0 Å². The van der Waals surface area contributed by atoms with E-state index in [-0.39, 0.29) is 0 Å². The molecule has 1 heteroatoms. The number of rotatable bonds is 3. The third kappa shape index (κ3) is 2.47. The van der Waals surface area contributed by atoms with Crippen LogP contribution in [0.25, 0.3) is 0 Å². The predicted octanol–water partition coefficient (Wildman–Crippen LogP) is 3.24. The normalized spacial score (nSPS) is 9.60. The highest BCUT2D eigenvalue weighted by atomic mass is 15.0. The van der Waals surface area contributed by atoms with Crippen LogP contribution in [0, 0.1) is 6.54 Å². The van der Waals surface area contributed by atoms with Gasteiger partial charge in [-0.15, -0.1) is 12.1 Å². The second-order valence-electron chi connectivity index (χ2n) is 3.35. The Bertz CT molecular complexity index is 431. The van der Waals surface area contributed by atoms with Crippen molar-refractivity contribution >= 4 is 12.4 Å². The lowest BCUT2D eigenvalue weighted by Crippen LogP contribution is -1.99. The molecule has 0 aliphatic carbocycles. The monoisotopic (exact) mass is 195 g/mol. The Morgan fingerprint density at radius 3 is 1.93 bits per heavy atom. The van der Waals surface area contributed by atoms with Crippen molar-refractivity contribution < 1.29 is 4.58 Å². The molecule has 2 aromatic carbocycles. The first-order valence-corrected chi connectivity index (χ1v) is 4.91. The van der Waals surface area contributed by atoms with Gasteiger partial charge < -0.3 is 0 Å². The standard InChI is InChI=1S/C14H13N/c1-15(14-10-6-3-7-11-14)12-13-8-4-2-5-9-13/h2-12H,1H2. The Hall–Kier alpha value is -2.02. The molecule has 0 saturated heterocycles. The molecule has 15 heavy (non-hydrogen) atoms. The molecule has 0 spiro atoms. The van der Waals surface area contributed by atoms with E-state index in [0.29, 0.717) is 0 Å². The van der Waals surface area contributed by atoms with Crippen LogP contribution in [0.2, 0.25) is 0 Å². The van der Waals surface area contributed by atoms with E-state index >= 15 is 0 Å². The Kier molecular flexibility index (Phi) is 2.84. The van der Waals surface area contributed by atoms with Crippen LogP contribution in [0.4, 0.5) is 5.69 Å². The SMILES string of the molecule is C=[N+]([CH-]c1ccccc1)c1ccccc1. The maximum atomic E-state index is 3.98. The highest BCUT2D eigenvalue weighted by molar-refractivity contribution is 5.35. The van der Waals surface area contributed by atoms with Gasteiger partial charge in [-0.2, -0.15) is 0 Å². The minimum atomic E-state index is 1.08. The summed E-state index contributed by atoms with van der Waals surface area (Å²) in [5, 5.41) is 0. The van der Waals surface area contributed by atoms with Crippen molar-refractivity contribution in [2.75, 3.05) is 0 Å². The molecular formula is C14H13N. The second-order valence-corrected chi connectivity index (χ2v) is 3.35. The molecule has 0 saturated carbocycles. The molecule has 0 atom stereocenters. The predicted molar refractivity (Wildman–Crippen MR) is 63.3 cm³/mol. The molecular weight excluding hydrogens is 182 g/mol. The summed E-state index contributed by atoms with van der Waals surface area (Å²) < 4.78 is 1.87. The largest absolute Gasteiger partial charge is 0.270 e. The van der Waals surface area contributed by atoms with E-state index in [1.54, 1.807) is 0 Å². The number of para-hydroxylation sites is 1. The lowest BCUT2D eigenvalue weighted by atomic mass is 10.2. The molecule has 2 aromatic rings. The van der Waals surface area contributed by atoms with E-state index in [1.807, 2.05) is 59.7 Å². The van der Waals surface area contributed by atoms with Gasteiger partial charge in [-0.25, -0.2) is 0 Å². The summed E-state index contributed by atoms with van der Waals surface area (Å²) in [6, 6.07) is 20.2. The van der Waals surface area contributed by atoms with E-state index in [9.17, 15) is 0 Å². The third-order valence-corrected chi connectivity index (χ3v) is 2.19. The lowest BCUT2D eigenvalue weighted by Gasteiger charge is -2.06. The first kappa shape index (κ1) is 9.53. The van der Waals surface area contributed by atoms with Crippen LogP contribution in [0.15, 0.2) is 60.7 Å². The van der Waals surface area contributed by atoms with E-state index in [0.717, 1.165) is 11.3 Å². The van der Waals surface area contributed by atoms with Gasteiger partial charge in [0.15, 0.2) is 0 Å². The van der Waals surface area contributed by atoms with E-state index in [2.05, 4.69) is 18.9 Å². The molecule has 0 aromatic heterocycles. The maximum absolute atomic E-state index is 3.98. The number of benzene rings is 2. The molecule has 1 nitrogen and oxygen atoms in total. The summed E-state index contributed by atoms with van der Waals surface area (Å²) >= 11 is 0. The van der Waals surface area contributed by atoms with Gasteiger partial charge in [-0.1, -0.05) is 42.0 Å². The Morgan fingerprint density at radius 2 is 1.33 bits per heavy atom. The van der Waals surface area contributed by atoms with Crippen molar-refractivity contribution in [3.05, 3.63) is 72.8 Å². The number of nitrogens with zero attached hydrogens (tertiary/aromatic N) is 1. The summed E-state index contributed by atoms with van der Waals surface area (Å²) in [5.74, 6) is 0. The summed E-state index contributed by atoms with van der Waals surface area (Å²) in [4.78, 5) is 0. The first-order chi connectivity index (χ1) is 7.36. The van der Waals surface area contributed by atoms with Crippen molar-refractivity contribution in [3.8, 4) is 0 Å². The molecule has 0 unspecified atom stereocenters. The van der Waals surface area contributed by atoms with Crippen LogP contribution in [0.1, 0.15) is 5.56 Å². The minimum Gasteiger partial charge on any atom is -0.270 e. The van der Waals surface area contributed by atoms with Gasteiger partial charge in [0.2, 0.25) is 0 Å². The molecule has 0 bridgehead atoms. The van der Waals surface area contributed by atoms with Crippen molar-refractivity contribution in [3.63, 3.8) is 0 Å². The van der Waals surface area contributed by atoms with Crippen LogP contribution >= 0.6 is 0 Å². The van der Waals surface area contributed by atoms with E-state index < -0.39 is 0 Å². The fourth-order valence-corrected chi connectivity index (χ4v) is 1.41. The van der Waals surface area contributed by atoms with Crippen LogP contribution in [0.5, 0.6) is 0 Å². The molecule has 0 N–H and O–H groups in total. The second kappa shape index (κ2) is 4.47. The summed E-state index contributed by atoms with van der Waals surface area (Å²) in [5.41, 5.74) is 2.23. The highest BCUT2D eigenvalue weighted by Crippen LogP contribution is 2.13. The average Bonchev–Trinajstić information content (AvgIpc) is 2.31. The molecule has 0 aliphatic rings. The smallest absolute Gasteiger partial charge is 0.147 e. The maximum Gasteiger partial charge on any atom is 0.147 e. The molecule has 2 rings (SSSR count). The quantitative estimate of drug-likeness (QED) is 0.402. The molecule has 74 valence electrons. The summed E-state index contributed by atoms with van der Waals surface area (Å²) in [7, 11) is 0. The van der Waals surface area contributed by atoms with Gasteiger partial charge in [-0.3, -0.25) is 4.58 Å². The zero-order valence-electron chi connectivity index (χ0n) is 8.51. The molecule has 0 fully saturated rings. The Balaban J connectivity index is 2.12. The Labute approximate surface area is 90.3 Å². The fraction of sp³-hybridized carbons (Fsp3) is 0. The highest BCUT2D eigenvalue weighted by Gasteiger charge is 1.99. The van der Waals surface area contributed by atoms with Crippen LogP contribution in [-0.2, 0) is 0 Å². The lowest BCUT2D eigenvalue weighted by molar-refractivity contribution is -0.378. The fourth-order valence-electron chi connectivity index (χ4n) is 1.41. The van der Waals surface area contributed by atoms with Crippen LogP contribution in [-0.4, -0.2) is 11.3 Å². The summed E-state index contributed by atoms with van der Waals surface area (Å²) in [6.45, 7) is 5.99. The Morgan fingerprint density at radius 1 is 0.800 bits per heavy atom. The van der Waals surface area contributed by atoms with E-state index in [4.69, 9.17) is 0 Å². The third-order valence-electron chi connectivity index (χ3n) is 2.19. The van der Waals surface area contributed by atoms with Gasteiger partial charge in [-0.05, 0) is 12.1 Å². The van der Waals surface area contributed by atoms with Crippen molar-refractivity contribution in [2.24, 2.45) is 0 Å². The van der Waals surface area contributed by atoms with Crippen LogP contribution in [0.3, 0.4) is 0 Å². The molecule has 0 aliphatic heterocycles. The van der Waals surface area contributed by atoms with Crippen molar-refractivity contribution in [1.29, 1.82) is 0 Å². The number of hydrogen-bond donors (Lipinski definition) is 0. The van der Waals surface area contributed by atoms with Gasteiger partial charge in [0.25, 0.3) is 0 Å². The number of hydrogen-bond acceptors (Lipinski definition) is 0. The van der Waals surface area contributed by atoms with Crippen molar-refractivity contribution in [1.82, 2.24) is 0 Å². The van der Waals surface area contributed by atoms with Gasteiger partial charge in [0.1, 0.15) is 12.2 Å².